The van der Waals surface area contributed by atoms with Crippen LogP contribution in [0, 0.1) is 0 Å². The molecule has 0 amide bonds. The van der Waals surface area contributed by atoms with Crippen molar-refractivity contribution < 1.29 is 18.3 Å². The Bertz CT molecular complexity index is 803. The second-order valence-corrected chi connectivity index (χ2v) is 7.39. The number of β-amino-alcohol motifs (C(OH)–C–C–N with tert-alkyl or cyclic N) is 1. The summed E-state index contributed by atoms with van der Waals surface area (Å²) < 4.78 is 33.7. The number of aromatic nitrogens is 2. The molecule has 2 atom stereocenters. The highest BCUT2D eigenvalue weighted by molar-refractivity contribution is 7.89. The number of methoxy groups -OCH3 is 1. The molecule has 0 aliphatic carbocycles. The summed E-state index contributed by atoms with van der Waals surface area (Å²) in [6, 6.07) is 8.29. The van der Waals surface area contributed by atoms with Crippen molar-refractivity contribution in [2.45, 2.75) is 23.6 Å². The van der Waals surface area contributed by atoms with Crippen molar-refractivity contribution in [3.05, 3.63) is 42.1 Å². The van der Waals surface area contributed by atoms with Crippen LogP contribution in [0.5, 0.6) is 5.75 Å². The molecule has 1 aromatic heterocycles. The minimum absolute atomic E-state index is 0.0649. The maximum absolute atomic E-state index is 12.9. The van der Waals surface area contributed by atoms with E-state index in [2.05, 4.69) is 5.10 Å². The van der Waals surface area contributed by atoms with Gasteiger partial charge in [-0.25, -0.2) is 8.42 Å². The van der Waals surface area contributed by atoms with Crippen LogP contribution in [0.3, 0.4) is 0 Å². The highest BCUT2D eigenvalue weighted by Gasteiger charge is 2.41. The second-order valence-electron chi connectivity index (χ2n) is 5.55. The van der Waals surface area contributed by atoms with Crippen molar-refractivity contribution in [2.24, 2.45) is 7.05 Å². The standard InChI is InChI=1S/C15H19N3O4S/c1-17-15(6-7-16-17)23(20,21)18-10-12(19)9-14(18)11-4-3-5-13(8-11)22-2/h3-8,12,14,19H,9-10H2,1-2H3/t12-,14+/m0/s1. The minimum Gasteiger partial charge on any atom is -0.497 e. The Balaban J connectivity index is 2.01. The van der Waals surface area contributed by atoms with E-state index in [9.17, 15) is 13.5 Å². The normalized spacial score (nSPS) is 22.4. The fourth-order valence-corrected chi connectivity index (χ4v) is 4.70. The molecule has 1 aliphatic rings. The lowest BCUT2D eigenvalue weighted by molar-refractivity contribution is 0.188. The second kappa shape index (κ2) is 5.95. The molecule has 0 saturated carbocycles. The van der Waals surface area contributed by atoms with E-state index in [1.165, 1.54) is 21.3 Å². The molecule has 1 aromatic carbocycles. The van der Waals surface area contributed by atoms with Crippen LogP contribution in [0.25, 0.3) is 0 Å². The summed E-state index contributed by atoms with van der Waals surface area (Å²) in [5.74, 6) is 0.654. The number of sulfonamides is 1. The van der Waals surface area contributed by atoms with Gasteiger partial charge in [0.1, 0.15) is 5.75 Å². The van der Waals surface area contributed by atoms with Gasteiger partial charge in [0, 0.05) is 13.6 Å². The molecule has 0 radical (unpaired) electrons. The van der Waals surface area contributed by atoms with Gasteiger partial charge in [0.25, 0.3) is 10.0 Å². The summed E-state index contributed by atoms with van der Waals surface area (Å²) in [5, 5.41) is 14.1. The molecule has 7 nitrogen and oxygen atoms in total. The van der Waals surface area contributed by atoms with Gasteiger partial charge in [-0.1, -0.05) is 12.1 Å². The van der Waals surface area contributed by atoms with E-state index in [0.29, 0.717) is 12.2 Å². The maximum Gasteiger partial charge on any atom is 0.260 e. The summed E-state index contributed by atoms with van der Waals surface area (Å²) in [4.78, 5) is 0. The van der Waals surface area contributed by atoms with Crippen molar-refractivity contribution in [1.82, 2.24) is 14.1 Å². The third-order valence-corrected chi connectivity index (χ3v) is 6.01. The van der Waals surface area contributed by atoms with Crippen molar-refractivity contribution >= 4 is 10.0 Å². The molecule has 2 heterocycles. The number of rotatable bonds is 4. The van der Waals surface area contributed by atoms with E-state index in [4.69, 9.17) is 4.74 Å². The van der Waals surface area contributed by atoms with Crippen molar-refractivity contribution in [1.29, 1.82) is 0 Å². The molecule has 1 N–H and O–H groups in total. The number of aliphatic hydroxyl groups excluding tert-OH is 1. The van der Waals surface area contributed by atoms with E-state index in [1.807, 2.05) is 12.1 Å². The molecule has 0 bridgehead atoms. The number of nitrogens with zero attached hydrogens (tertiary/aromatic N) is 3. The van der Waals surface area contributed by atoms with E-state index in [0.717, 1.165) is 5.56 Å². The van der Waals surface area contributed by atoms with Crippen molar-refractivity contribution in [3.63, 3.8) is 0 Å². The fraction of sp³-hybridized carbons (Fsp3) is 0.400. The number of hydrogen-bond donors (Lipinski definition) is 1. The van der Waals surface area contributed by atoms with Crippen LogP contribution >= 0.6 is 0 Å². The molecule has 2 aromatic rings. The highest BCUT2D eigenvalue weighted by atomic mass is 32.2. The predicted octanol–water partition coefficient (Wildman–Crippen LogP) is 0.925. The molecule has 1 saturated heterocycles. The van der Waals surface area contributed by atoms with E-state index in [-0.39, 0.29) is 11.6 Å². The molecule has 0 spiro atoms. The van der Waals surface area contributed by atoms with Gasteiger partial charge in [0.05, 0.1) is 25.5 Å². The number of benzene rings is 1. The number of ether oxygens (including phenoxy) is 1. The van der Waals surface area contributed by atoms with Gasteiger partial charge in [0.15, 0.2) is 5.03 Å². The zero-order chi connectivity index (χ0) is 16.6. The summed E-state index contributed by atoms with van der Waals surface area (Å²) in [6.07, 6.45) is 1.10. The minimum atomic E-state index is -3.74. The molecule has 23 heavy (non-hydrogen) atoms. The van der Waals surface area contributed by atoms with E-state index in [1.54, 1.807) is 26.3 Å². The van der Waals surface area contributed by atoms with Gasteiger partial charge in [-0.3, -0.25) is 4.68 Å². The van der Waals surface area contributed by atoms with Gasteiger partial charge in [0.2, 0.25) is 0 Å². The zero-order valence-corrected chi connectivity index (χ0v) is 13.8. The molecular weight excluding hydrogens is 318 g/mol. The van der Waals surface area contributed by atoms with Crippen LogP contribution in [0.15, 0.2) is 41.6 Å². The molecule has 1 aliphatic heterocycles. The molecule has 124 valence electrons. The third kappa shape index (κ3) is 2.85. The molecule has 0 unspecified atom stereocenters. The van der Waals surface area contributed by atoms with Crippen molar-refractivity contribution in [3.8, 4) is 5.75 Å². The maximum atomic E-state index is 12.9. The summed E-state index contributed by atoms with van der Waals surface area (Å²) in [5.41, 5.74) is 0.798. The summed E-state index contributed by atoms with van der Waals surface area (Å²) in [7, 11) is -0.597. The average molecular weight is 337 g/mol. The lowest BCUT2D eigenvalue weighted by Crippen LogP contribution is -2.33. The Morgan fingerprint density at radius 1 is 1.35 bits per heavy atom. The first-order valence-corrected chi connectivity index (χ1v) is 8.69. The largest absolute Gasteiger partial charge is 0.497 e. The first kappa shape index (κ1) is 16.0. The molecule has 1 fully saturated rings. The van der Waals surface area contributed by atoms with Crippen LogP contribution in [0.1, 0.15) is 18.0 Å². The first-order valence-electron chi connectivity index (χ1n) is 7.25. The number of hydrogen-bond acceptors (Lipinski definition) is 5. The van der Waals surface area contributed by atoms with Gasteiger partial charge in [-0.15, -0.1) is 0 Å². The van der Waals surface area contributed by atoms with Crippen LogP contribution in [0.4, 0.5) is 0 Å². The predicted molar refractivity (Wildman–Crippen MR) is 83.5 cm³/mol. The van der Waals surface area contributed by atoms with Crippen LogP contribution in [-0.4, -0.2) is 47.4 Å². The number of aliphatic hydroxyl groups is 1. The average Bonchev–Trinajstić information content (AvgIpc) is 3.14. The Labute approximate surface area is 135 Å². The van der Waals surface area contributed by atoms with Crippen molar-refractivity contribution in [2.75, 3.05) is 13.7 Å². The quantitative estimate of drug-likeness (QED) is 0.897. The van der Waals surface area contributed by atoms with Gasteiger partial charge in [-0.2, -0.15) is 9.40 Å². The lowest BCUT2D eigenvalue weighted by atomic mass is 10.0. The Morgan fingerprint density at radius 2 is 2.13 bits per heavy atom. The molecule has 8 heteroatoms. The fourth-order valence-electron chi connectivity index (χ4n) is 2.94. The lowest BCUT2D eigenvalue weighted by Gasteiger charge is -2.24. The highest BCUT2D eigenvalue weighted by Crippen LogP contribution is 2.37. The van der Waals surface area contributed by atoms with Crippen LogP contribution < -0.4 is 4.74 Å². The number of aryl methyl sites for hydroxylation is 1. The van der Waals surface area contributed by atoms with E-state index >= 15 is 0 Å². The molecule has 3 rings (SSSR count). The topological polar surface area (TPSA) is 84.7 Å². The summed E-state index contributed by atoms with van der Waals surface area (Å²) >= 11 is 0. The van der Waals surface area contributed by atoms with Crippen LogP contribution in [-0.2, 0) is 17.1 Å². The van der Waals surface area contributed by atoms with Crippen LogP contribution in [0.2, 0.25) is 0 Å². The van der Waals surface area contributed by atoms with Gasteiger partial charge in [-0.05, 0) is 30.2 Å². The Kier molecular flexibility index (Phi) is 4.13. The zero-order valence-electron chi connectivity index (χ0n) is 13.0. The van der Waals surface area contributed by atoms with Gasteiger partial charge >= 0.3 is 0 Å². The third-order valence-electron chi connectivity index (χ3n) is 4.06. The molecular formula is C15H19N3O4S. The SMILES string of the molecule is COc1cccc([C@H]2C[C@H](O)CN2S(=O)(=O)c2ccnn2C)c1. The monoisotopic (exact) mass is 337 g/mol. The Morgan fingerprint density at radius 3 is 2.78 bits per heavy atom. The Hall–Kier alpha value is -1.90. The smallest absolute Gasteiger partial charge is 0.260 e. The first-order chi connectivity index (χ1) is 10.9. The van der Waals surface area contributed by atoms with E-state index < -0.39 is 22.2 Å². The van der Waals surface area contributed by atoms with Gasteiger partial charge < -0.3 is 9.84 Å². The summed E-state index contributed by atoms with van der Waals surface area (Å²) in [6.45, 7) is 0.0649.